The molecule has 0 saturated carbocycles. The SMILES string of the molecule is COc1ccc(Cn2c(/C=C\[C@@H]3C[C@H](O[Si](c4ccccc4)(c4ccccc4)C(C)(C)C)[C@@H](CO[Si](c4ccccc4)(c4ccccc4)C(C)(C)C)O3)c(C)sc2=O)cc1. The van der Waals surface area contributed by atoms with Crippen LogP contribution >= 0.6 is 11.3 Å². The van der Waals surface area contributed by atoms with E-state index in [4.69, 9.17) is 18.3 Å². The van der Waals surface area contributed by atoms with Crippen LogP contribution < -0.4 is 30.4 Å². The zero-order valence-electron chi connectivity index (χ0n) is 36.3. The molecule has 5 aromatic carbocycles. The molecule has 6 aromatic rings. The van der Waals surface area contributed by atoms with Crippen molar-refractivity contribution in [2.24, 2.45) is 0 Å². The number of thiazole rings is 1. The van der Waals surface area contributed by atoms with Crippen LogP contribution in [0.2, 0.25) is 10.1 Å². The van der Waals surface area contributed by atoms with Gasteiger partial charge in [-0.1, -0.05) is 192 Å². The van der Waals surface area contributed by atoms with Crippen LogP contribution in [0.25, 0.3) is 6.08 Å². The summed E-state index contributed by atoms with van der Waals surface area (Å²) in [6, 6.07) is 51.1. The van der Waals surface area contributed by atoms with Crippen molar-refractivity contribution in [3.63, 3.8) is 0 Å². The van der Waals surface area contributed by atoms with Gasteiger partial charge in [-0.3, -0.25) is 9.36 Å². The van der Waals surface area contributed by atoms with Gasteiger partial charge in [-0.05, 0) is 61.5 Å². The molecular weight excluding hydrogens is 795 g/mol. The van der Waals surface area contributed by atoms with Gasteiger partial charge < -0.3 is 18.3 Å². The molecule has 0 spiro atoms. The smallest absolute Gasteiger partial charge is 0.308 e. The molecule has 9 heteroatoms. The molecule has 2 heterocycles. The zero-order chi connectivity index (χ0) is 42.5. The lowest BCUT2D eigenvalue weighted by Crippen LogP contribution is -2.69. The van der Waals surface area contributed by atoms with Gasteiger partial charge >= 0.3 is 4.87 Å². The Labute approximate surface area is 362 Å². The average molecular weight is 854 g/mol. The molecule has 312 valence electrons. The Balaban J connectivity index is 1.30. The minimum absolute atomic E-state index is 0.0137. The fraction of sp³-hybridized carbons (Fsp3) is 0.314. The predicted octanol–water partition coefficient (Wildman–Crippen LogP) is 8.97. The Bertz CT molecular complexity index is 2310. The van der Waals surface area contributed by atoms with Crippen molar-refractivity contribution < 1.29 is 18.3 Å². The minimum atomic E-state index is -2.98. The number of methoxy groups -OCH3 is 1. The highest BCUT2D eigenvalue weighted by atomic mass is 32.1. The third-order valence-electron chi connectivity index (χ3n) is 11.9. The molecule has 1 aromatic heterocycles. The van der Waals surface area contributed by atoms with E-state index in [-0.39, 0.29) is 33.3 Å². The van der Waals surface area contributed by atoms with E-state index in [0.29, 0.717) is 19.6 Å². The topological polar surface area (TPSA) is 58.9 Å². The number of hydrogen-bond donors (Lipinski definition) is 0. The Morgan fingerprint density at radius 3 is 1.62 bits per heavy atom. The maximum atomic E-state index is 13.4. The summed E-state index contributed by atoms with van der Waals surface area (Å²) in [5.74, 6) is 0.786. The van der Waals surface area contributed by atoms with Crippen molar-refractivity contribution in [3.05, 3.63) is 177 Å². The first-order valence-electron chi connectivity index (χ1n) is 21.0. The number of benzene rings is 5. The Hall–Kier alpha value is -4.62. The molecule has 0 radical (unpaired) electrons. The van der Waals surface area contributed by atoms with Crippen molar-refractivity contribution in [2.75, 3.05) is 13.7 Å². The minimum Gasteiger partial charge on any atom is -0.497 e. The number of nitrogens with zero attached hydrogens (tertiary/aromatic N) is 1. The lowest BCUT2D eigenvalue weighted by molar-refractivity contribution is -0.00176. The molecule has 60 heavy (non-hydrogen) atoms. The van der Waals surface area contributed by atoms with Crippen molar-refractivity contribution >= 4 is 54.8 Å². The van der Waals surface area contributed by atoms with Gasteiger partial charge in [0.25, 0.3) is 16.6 Å². The third-order valence-corrected chi connectivity index (χ3v) is 22.9. The molecule has 7 rings (SSSR count). The van der Waals surface area contributed by atoms with E-state index in [1.165, 1.54) is 32.1 Å². The van der Waals surface area contributed by atoms with Gasteiger partial charge in [-0.15, -0.1) is 0 Å². The summed E-state index contributed by atoms with van der Waals surface area (Å²) in [7, 11) is -4.22. The quantitative estimate of drug-likeness (QED) is 0.103. The summed E-state index contributed by atoms with van der Waals surface area (Å²) in [6.45, 7) is 16.7. The van der Waals surface area contributed by atoms with Crippen LogP contribution in [-0.4, -0.2) is 53.2 Å². The van der Waals surface area contributed by atoms with Crippen molar-refractivity contribution in [1.82, 2.24) is 4.57 Å². The Kier molecular flexibility index (Phi) is 13.2. The highest BCUT2D eigenvalue weighted by Gasteiger charge is 2.55. The lowest BCUT2D eigenvalue weighted by atomic mass is 10.1. The second-order valence-electron chi connectivity index (χ2n) is 17.8. The fourth-order valence-corrected chi connectivity index (χ4v) is 19.1. The summed E-state index contributed by atoms with van der Waals surface area (Å²) < 4.78 is 29.9. The van der Waals surface area contributed by atoms with Crippen LogP contribution in [0.3, 0.4) is 0 Å². The molecule has 6 nitrogen and oxygen atoms in total. The van der Waals surface area contributed by atoms with E-state index < -0.39 is 16.6 Å². The Morgan fingerprint density at radius 1 is 0.700 bits per heavy atom. The third kappa shape index (κ3) is 8.75. The maximum absolute atomic E-state index is 13.4. The normalized spacial score (nSPS) is 17.6. The molecule has 0 aliphatic carbocycles. The van der Waals surface area contributed by atoms with Crippen LogP contribution in [0, 0.1) is 6.92 Å². The highest BCUT2D eigenvalue weighted by Crippen LogP contribution is 2.42. The average Bonchev–Trinajstić information content (AvgIpc) is 3.76. The van der Waals surface area contributed by atoms with Gasteiger partial charge in [0, 0.05) is 11.3 Å². The molecule has 0 amide bonds. The van der Waals surface area contributed by atoms with Gasteiger partial charge in [-0.25, -0.2) is 0 Å². The standard InChI is InChI=1S/C51H59NO5SSi2/c1-38-46(52(49(53)58-38)36-39-29-31-40(54-8)32-30-39)34-33-41-35-47(57-60(51(5,6)7,44-25-17-11-18-26-44)45-27-19-12-20-28-45)48(56-41)37-55-59(50(2,3)4,42-21-13-9-14-22-42)43-23-15-10-16-24-43/h9-34,41,47-48H,35-37H2,1-8H3/b34-33-/t41-,47+,48-/m1/s1. The summed E-state index contributed by atoms with van der Waals surface area (Å²) >= 11 is 1.28. The largest absolute Gasteiger partial charge is 0.497 e. The number of rotatable bonds is 14. The van der Waals surface area contributed by atoms with E-state index >= 15 is 0 Å². The van der Waals surface area contributed by atoms with E-state index in [9.17, 15) is 4.79 Å². The van der Waals surface area contributed by atoms with E-state index in [1.807, 2.05) is 35.8 Å². The van der Waals surface area contributed by atoms with E-state index in [2.05, 4.69) is 175 Å². The van der Waals surface area contributed by atoms with Crippen LogP contribution in [0.15, 0.2) is 156 Å². The molecule has 1 fully saturated rings. The van der Waals surface area contributed by atoms with Gasteiger partial charge in [0.15, 0.2) is 0 Å². The molecule has 1 aliphatic heterocycles. The van der Waals surface area contributed by atoms with Gasteiger partial charge in [0.1, 0.15) is 11.9 Å². The molecule has 1 aliphatic rings. The van der Waals surface area contributed by atoms with E-state index in [1.54, 1.807) is 7.11 Å². The maximum Gasteiger partial charge on any atom is 0.308 e. The van der Waals surface area contributed by atoms with E-state index in [0.717, 1.165) is 21.9 Å². The lowest BCUT2D eigenvalue weighted by Gasteiger charge is -2.46. The molecule has 3 atom stereocenters. The second kappa shape index (κ2) is 18.2. The first-order chi connectivity index (χ1) is 28.8. The van der Waals surface area contributed by atoms with Crippen molar-refractivity contribution in [2.45, 2.75) is 89.8 Å². The van der Waals surface area contributed by atoms with Gasteiger partial charge in [0.05, 0.1) is 38.2 Å². The first-order valence-corrected chi connectivity index (χ1v) is 25.6. The predicted molar refractivity (Wildman–Crippen MR) is 254 cm³/mol. The molecule has 0 N–H and O–H groups in total. The first kappa shape index (κ1) is 43.5. The van der Waals surface area contributed by atoms with Crippen LogP contribution in [0.1, 0.15) is 64.1 Å². The summed E-state index contributed by atoms with van der Waals surface area (Å²) in [5, 5.41) is 4.48. The number of hydrogen-bond acceptors (Lipinski definition) is 6. The molecule has 0 unspecified atom stereocenters. The molecule has 0 bridgehead atoms. The van der Waals surface area contributed by atoms with Crippen LogP contribution in [0.4, 0.5) is 0 Å². The highest BCUT2D eigenvalue weighted by molar-refractivity contribution is 7.09. The summed E-state index contributed by atoms with van der Waals surface area (Å²) in [4.78, 5) is 14.3. The van der Waals surface area contributed by atoms with Crippen molar-refractivity contribution in [1.29, 1.82) is 0 Å². The monoisotopic (exact) mass is 853 g/mol. The van der Waals surface area contributed by atoms with Gasteiger partial charge in [-0.2, -0.15) is 0 Å². The zero-order valence-corrected chi connectivity index (χ0v) is 39.1. The molecule has 1 saturated heterocycles. The van der Waals surface area contributed by atoms with Crippen LogP contribution in [0.5, 0.6) is 5.75 Å². The Morgan fingerprint density at radius 2 is 1.17 bits per heavy atom. The summed E-state index contributed by atoms with van der Waals surface area (Å²) in [6.07, 6.45) is 3.92. The van der Waals surface area contributed by atoms with Crippen molar-refractivity contribution in [3.8, 4) is 5.75 Å². The molecular formula is C51H59NO5SSi2. The van der Waals surface area contributed by atoms with Gasteiger partial charge in [0.2, 0.25) is 0 Å². The second-order valence-corrected chi connectivity index (χ2v) is 27.6. The summed E-state index contributed by atoms with van der Waals surface area (Å²) in [5.41, 5.74) is 1.92. The number of aromatic nitrogens is 1. The fourth-order valence-electron chi connectivity index (χ4n) is 9.03. The number of ether oxygens (including phenoxy) is 2. The van der Waals surface area contributed by atoms with Crippen LogP contribution in [-0.2, 0) is 20.1 Å². The number of aryl methyl sites for hydroxylation is 1.